The van der Waals surface area contributed by atoms with Crippen molar-refractivity contribution >= 4 is 11.8 Å². The number of rotatable bonds is 7. The van der Waals surface area contributed by atoms with Crippen molar-refractivity contribution in [2.24, 2.45) is 0 Å². The SMILES string of the molecule is CN1CCC[C@H]1C(=O)N[C@H](c1ccccc1)[C@H](NC(=O)[C@@H]1CCCN1C)c1ccccc1. The zero-order valence-corrected chi connectivity index (χ0v) is 19.0. The Kier molecular flexibility index (Phi) is 7.22. The summed E-state index contributed by atoms with van der Waals surface area (Å²) in [5.41, 5.74) is 1.96. The monoisotopic (exact) mass is 434 g/mol. The Bertz CT molecular complexity index is 829. The number of carbonyl (C=O) groups excluding carboxylic acids is 2. The Morgan fingerprint density at radius 3 is 1.41 bits per heavy atom. The predicted molar refractivity (Wildman–Crippen MR) is 126 cm³/mol. The van der Waals surface area contributed by atoms with Crippen LogP contribution in [0.3, 0.4) is 0 Å². The maximum atomic E-state index is 13.3. The number of hydrogen-bond acceptors (Lipinski definition) is 4. The number of nitrogens with zero attached hydrogens (tertiary/aromatic N) is 2. The van der Waals surface area contributed by atoms with E-state index in [2.05, 4.69) is 20.4 Å². The lowest BCUT2D eigenvalue weighted by Crippen LogP contribution is -2.49. The van der Waals surface area contributed by atoms with Crippen LogP contribution in [0.15, 0.2) is 60.7 Å². The van der Waals surface area contributed by atoms with E-state index in [0.717, 1.165) is 49.9 Å². The molecule has 2 aliphatic rings. The summed E-state index contributed by atoms with van der Waals surface area (Å²) in [7, 11) is 4.00. The Morgan fingerprint density at radius 2 is 1.09 bits per heavy atom. The van der Waals surface area contributed by atoms with Gasteiger partial charge < -0.3 is 10.6 Å². The van der Waals surface area contributed by atoms with Crippen LogP contribution in [0.1, 0.15) is 48.9 Å². The van der Waals surface area contributed by atoms with Gasteiger partial charge in [0.15, 0.2) is 0 Å². The number of carbonyl (C=O) groups is 2. The number of benzene rings is 2. The lowest BCUT2D eigenvalue weighted by molar-refractivity contribution is -0.128. The Labute approximate surface area is 191 Å². The van der Waals surface area contributed by atoms with Crippen LogP contribution in [-0.2, 0) is 9.59 Å². The van der Waals surface area contributed by atoms with Gasteiger partial charge in [-0.15, -0.1) is 0 Å². The van der Waals surface area contributed by atoms with Gasteiger partial charge in [0.1, 0.15) is 0 Å². The summed E-state index contributed by atoms with van der Waals surface area (Å²) in [6.45, 7) is 1.86. The first-order valence-electron chi connectivity index (χ1n) is 11.7. The van der Waals surface area contributed by atoms with Crippen molar-refractivity contribution in [3.05, 3.63) is 71.8 Å². The molecule has 2 amide bonds. The van der Waals surface area contributed by atoms with Gasteiger partial charge in [0.25, 0.3) is 0 Å². The molecule has 6 nitrogen and oxygen atoms in total. The number of nitrogens with one attached hydrogen (secondary N) is 2. The average Bonchev–Trinajstić information content (AvgIpc) is 3.45. The molecular weight excluding hydrogens is 400 g/mol. The topological polar surface area (TPSA) is 64.7 Å². The summed E-state index contributed by atoms with van der Waals surface area (Å²) in [6, 6.07) is 18.9. The minimum atomic E-state index is -0.365. The Morgan fingerprint density at radius 1 is 0.719 bits per heavy atom. The summed E-state index contributed by atoms with van der Waals surface area (Å²) < 4.78 is 0. The van der Waals surface area contributed by atoms with E-state index in [4.69, 9.17) is 0 Å². The van der Waals surface area contributed by atoms with Crippen LogP contribution in [0.5, 0.6) is 0 Å². The molecule has 0 bridgehead atoms. The maximum absolute atomic E-state index is 13.3. The van der Waals surface area contributed by atoms with Crippen LogP contribution in [0.25, 0.3) is 0 Å². The van der Waals surface area contributed by atoms with E-state index in [1.165, 1.54) is 0 Å². The second-order valence-corrected chi connectivity index (χ2v) is 9.07. The molecule has 2 aliphatic heterocycles. The van der Waals surface area contributed by atoms with Crippen LogP contribution in [0.2, 0.25) is 0 Å². The highest BCUT2D eigenvalue weighted by atomic mass is 16.2. The molecule has 170 valence electrons. The van der Waals surface area contributed by atoms with Gasteiger partial charge in [0.05, 0.1) is 24.2 Å². The quantitative estimate of drug-likeness (QED) is 0.703. The first kappa shape index (κ1) is 22.5. The van der Waals surface area contributed by atoms with Crippen LogP contribution in [0, 0.1) is 0 Å². The molecule has 32 heavy (non-hydrogen) atoms. The third-order valence-corrected chi connectivity index (χ3v) is 6.89. The van der Waals surface area contributed by atoms with E-state index in [1.54, 1.807) is 0 Å². The molecular formula is C26H34N4O2. The standard InChI is InChI=1S/C26H34N4O2/c1-29-17-9-15-21(29)25(31)27-23(19-11-5-3-6-12-19)24(20-13-7-4-8-14-20)28-26(32)22-16-10-18-30(22)2/h3-8,11-14,21-24H,9-10,15-18H2,1-2H3,(H,27,31)(H,28,32)/t21-,22-,23+,24+/m0/s1. The highest BCUT2D eigenvalue weighted by Gasteiger charge is 2.35. The molecule has 2 N–H and O–H groups in total. The van der Waals surface area contributed by atoms with Crippen molar-refractivity contribution in [1.82, 2.24) is 20.4 Å². The zero-order valence-electron chi connectivity index (χ0n) is 19.0. The van der Waals surface area contributed by atoms with Crippen LogP contribution in [-0.4, -0.2) is 60.9 Å². The minimum Gasteiger partial charge on any atom is -0.345 e. The normalized spacial score (nSPS) is 23.6. The summed E-state index contributed by atoms with van der Waals surface area (Å²) in [4.78, 5) is 30.8. The molecule has 0 unspecified atom stereocenters. The van der Waals surface area contributed by atoms with Gasteiger partial charge in [-0.2, -0.15) is 0 Å². The van der Waals surface area contributed by atoms with E-state index in [-0.39, 0.29) is 36.0 Å². The molecule has 2 aromatic rings. The van der Waals surface area contributed by atoms with Gasteiger partial charge >= 0.3 is 0 Å². The molecule has 0 spiro atoms. The number of amides is 2. The summed E-state index contributed by atoms with van der Waals surface area (Å²) >= 11 is 0. The van der Waals surface area contributed by atoms with Gasteiger partial charge in [-0.25, -0.2) is 0 Å². The predicted octanol–water partition coefficient (Wildman–Crippen LogP) is 2.89. The van der Waals surface area contributed by atoms with Crippen molar-refractivity contribution in [2.45, 2.75) is 49.9 Å². The van der Waals surface area contributed by atoms with E-state index in [9.17, 15) is 9.59 Å². The van der Waals surface area contributed by atoms with Crippen molar-refractivity contribution in [2.75, 3.05) is 27.2 Å². The van der Waals surface area contributed by atoms with Crippen LogP contribution in [0.4, 0.5) is 0 Å². The second kappa shape index (κ2) is 10.3. The summed E-state index contributed by atoms with van der Waals surface area (Å²) in [6.07, 6.45) is 3.77. The van der Waals surface area contributed by atoms with E-state index < -0.39 is 0 Å². The fraction of sp³-hybridized carbons (Fsp3) is 0.462. The Hall–Kier alpha value is -2.70. The van der Waals surface area contributed by atoms with Crippen molar-refractivity contribution < 1.29 is 9.59 Å². The molecule has 2 aromatic carbocycles. The molecule has 6 heteroatoms. The smallest absolute Gasteiger partial charge is 0.237 e. The summed E-state index contributed by atoms with van der Waals surface area (Å²) in [5.74, 6) is 0.0408. The van der Waals surface area contributed by atoms with Crippen molar-refractivity contribution in [3.63, 3.8) is 0 Å². The molecule has 0 aromatic heterocycles. The summed E-state index contributed by atoms with van der Waals surface area (Å²) in [5, 5.41) is 6.60. The van der Waals surface area contributed by atoms with Crippen LogP contribution >= 0.6 is 0 Å². The van der Waals surface area contributed by atoms with Gasteiger partial charge in [-0.1, -0.05) is 60.7 Å². The van der Waals surface area contributed by atoms with E-state index >= 15 is 0 Å². The van der Waals surface area contributed by atoms with Crippen LogP contribution < -0.4 is 10.6 Å². The first-order valence-corrected chi connectivity index (χ1v) is 11.7. The molecule has 2 saturated heterocycles. The lowest BCUT2D eigenvalue weighted by atomic mass is 9.92. The second-order valence-electron chi connectivity index (χ2n) is 9.07. The maximum Gasteiger partial charge on any atom is 0.237 e. The highest BCUT2D eigenvalue weighted by molar-refractivity contribution is 5.84. The molecule has 0 aliphatic carbocycles. The fourth-order valence-corrected chi connectivity index (χ4v) is 5.02. The highest BCUT2D eigenvalue weighted by Crippen LogP contribution is 2.31. The molecule has 2 fully saturated rings. The lowest BCUT2D eigenvalue weighted by Gasteiger charge is -2.33. The Balaban J connectivity index is 1.66. The third kappa shape index (κ3) is 5.03. The number of likely N-dealkylation sites (N-methyl/N-ethyl adjacent to an activating group) is 2. The first-order chi connectivity index (χ1) is 15.5. The zero-order chi connectivity index (χ0) is 22.5. The molecule has 4 atom stereocenters. The number of hydrogen-bond donors (Lipinski definition) is 2. The largest absolute Gasteiger partial charge is 0.345 e. The van der Waals surface area contributed by atoms with Crippen molar-refractivity contribution in [3.8, 4) is 0 Å². The van der Waals surface area contributed by atoms with E-state index in [1.807, 2.05) is 74.8 Å². The minimum absolute atomic E-state index is 0.0204. The van der Waals surface area contributed by atoms with Gasteiger partial charge in [0, 0.05) is 0 Å². The van der Waals surface area contributed by atoms with Gasteiger partial charge in [-0.05, 0) is 64.0 Å². The number of likely N-dealkylation sites (tertiary alicyclic amines) is 2. The van der Waals surface area contributed by atoms with Crippen molar-refractivity contribution in [1.29, 1.82) is 0 Å². The van der Waals surface area contributed by atoms with Gasteiger partial charge in [0.2, 0.25) is 11.8 Å². The molecule has 2 heterocycles. The van der Waals surface area contributed by atoms with Gasteiger partial charge in [-0.3, -0.25) is 19.4 Å². The molecule has 0 saturated carbocycles. The molecule has 0 radical (unpaired) electrons. The third-order valence-electron chi connectivity index (χ3n) is 6.89. The molecule has 4 rings (SSSR count). The van der Waals surface area contributed by atoms with E-state index in [0.29, 0.717) is 0 Å². The average molecular weight is 435 g/mol. The fourth-order valence-electron chi connectivity index (χ4n) is 5.02.